The molecule has 0 saturated carbocycles. The minimum absolute atomic E-state index is 0.0699. The van der Waals surface area contributed by atoms with E-state index in [4.69, 9.17) is 13.9 Å². The zero-order chi connectivity index (χ0) is 14.2. The molecule has 0 N–H and O–H groups in total. The number of carbonyl (C=O) groups excluding carboxylic acids is 1. The van der Waals surface area contributed by atoms with Gasteiger partial charge in [0.05, 0.1) is 13.7 Å². The average Bonchev–Trinajstić information content (AvgIpc) is 3.04. The molecule has 0 amide bonds. The Hall–Kier alpha value is -0.653. The van der Waals surface area contributed by atoms with Crippen LogP contribution in [-0.4, -0.2) is 39.7 Å². The van der Waals surface area contributed by atoms with Gasteiger partial charge in [-0.3, -0.25) is 0 Å². The monoisotopic (exact) mass is 272 g/mol. The first-order chi connectivity index (χ1) is 8.10. The smallest absolute Gasteiger partial charge is 0.343 e. The Kier molecular flexibility index (Phi) is 4.10. The van der Waals surface area contributed by atoms with Crippen LogP contribution in [0, 0.1) is 0 Å². The Morgan fingerprint density at radius 1 is 1.50 bits per heavy atom. The van der Waals surface area contributed by atoms with Crippen molar-refractivity contribution in [3.8, 4) is 0 Å². The van der Waals surface area contributed by atoms with Crippen molar-refractivity contribution in [1.29, 1.82) is 0 Å². The zero-order valence-electron chi connectivity index (χ0n) is 12.2. The van der Waals surface area contributed by atoms with Gasteiger partial charge < -0.3 is 13.9 Å². The van der Waals surface area contributed by atoms with E-state index in [9.17, 15) is 4.79 Å². The van der Waals surface area contributed by atoms with E-state index in [2.05, 4.69) is 40.4 Å². The lowest BCUT2D eigenvalue weighted by molar-refractivity contribution is -0.149. The minimum atomic E-state index is -1.98. The fraction of sp³-hybridized carbons (Fsp3) is 0.769. The van der Waals surface area contributed by atoms with Crippen molar-refractivity contribution in [1.82, 2.24) is 0 Å². The largest absolute Gasteiger partial charge is 0.467 e. The fourth-order valence-electron chi connectivity index (χ4n) is 1.48. The van der Waals surface area contributed by atoms with Gasteiger partial charge in [-0.2, -0.15) is 0 Å². The molecule has 1 aliphatic heterocycles. The summed E-state index contributed by atoms with van der Waals surface area (Å²) in [5.74, 6) is -0.383. The Morgan fingerprint density at radius 3 is 2.28 bits per heavy atom. The summed E-state index contributed by atoms with van der Waals surface area (Å²) in [5.41, 5.74) is -0.966. The van der Waals surface area contributed by atoms with Gasteiger partial charge in [-0.15, -0.1) is 6.58 Å². The Balaban J connectivity index is 2.87. The second kappa shape index (κ2) is 4.79. The first-order valence-corrected chi connectivity index (χ1v) is 9.04. The van der Waals surface area contributed by atoms with Crippen LogP contribution in [0.2, 0.25) is 18.1 Å². The van der Waals surface area contributed by atoms with Crippen LogP contribution in [0.15, 0.2) is 12.7 Å². The molecule has 0 radical (unpaired) electrons. The van der Waals surface area contributed by atoms with E-state index in [0.29, 0.717) is 6.61 Å². The summed E-state index contributed by atoms with van der Waals surface area (Å²) in [5, 5.41) is 0.0699. The Labute approximate surface area is 110 Å². The molecule has 0 aromatic heterocycles. The van der Waals surface area contributed by atoms with Crippen molar-refractivity contribution >= 4 is 14.3 Å². The predicted molar refractivity (Wildman–Crippen MR) is 73.0 cm³/mol. The van der Waals surface area contributed by atoms with Gasteiger partial charge in [-0.25, -0.2) is 4.79 Å². The van der Waals surface area contributed by atoms with Crippen LogP contribution in [0.5, 0.6) is 0 Å². The van der Waals surface area contributed by atoms with Crippen molar-refractivity contribution in [3.63, 3.8) is 0 Å². The van der Waals surface area contributed by atoms with Crippen LogP contribution in [0.4, 0.5) is 0 Å². The topological polar surface area (TPSA) is 48.1 Å². The number of hydrogen-bond donors (Lipinski definition) is 0. The molecule has 18 heavy (non-hydrogen) atoms. The molecule has 0 aromatic carbocycles. The van der Waals surface area contributed by atoms with Gasteiger partial charge in [0, 0.05) is 0 Å². The molecule has 0 spiro atoms. The molecule has 0 unspecified atom stereocenters. The van der Waals surface area contributed by atoms with Crippen LogP contribution in [0.1, 0.15) is 20.8 Å². The SMILES string of the molecule is C=C[C@@H](O[Si](C)(C)C(C)(C)C)[C@@]1(C(=O)OC)CO1. The lowest BCUT2D eigenvalue weighted by Crippen LogP contribution is -2.50. The maximum atomic E-state index is 11.8. The number of methoxy groups -OCH3 is 1. The second-order valence-corrected chi connectivity index (χ2v) is 11.0. The molecule has 2 atom stereocenters. The highest BCUT2D eigenvalue weighted by Gasteiger charge is 2.61. The average molecular weight is 272 g/mol. The molecule has 4 nitrogen and oxygen atoms in total. The van der Waals surface area contributed by atoms with Crippen molar-refractivity contribution < 1.29 is 18.7 Å². The van der Waals surface area contributed by atoms with Crippen molar-refractivity contribution in [3.05, 3.63) is 12.7 Å². The summed E-state index contributed by atoms with van der Waals surface area (Å²) < 4.78 is 16.3. The molecule has 1 rings (SSSR count). The number of rotatable bonds is 5. The van der Waals surface area contributed by atoms with Gasteiger partial charge in [0.2, 0.25) is 5.60 Å². The van der Waals surface area contributed by atoms with Crippen molar-refractivity contribution in [2.45, 2.75) is 50.6 Å². The molecule has 0 aromatic rings. The molecular weight excluding hydrogens is 248 g/mol. The zero-order valence-corrected chi connectivity index (χ0v) is 13.2. The van der Waals surface area contributed by atoms with E-state index in [1.165, 1.54) is 7.11 Å². The summed E-state index contributed by atoms with van der Waals surface area (Å²) in [6, 6.07) is 0. The Morgan fingerprint density at radius 2 is 2.00 bits per heavy atom. The van der Waals surface area contributed by atoms with E-state index in [1.807, 2.05) is 0 Å². The highest BCUT2D eigenvalue weighted by atomic mass is 28.4. The third kappa shape index (κ3) is 2.68. The summed E-state index contributed by atoms with van der Waals surface area (Å²) in [6.07, 6.45) is 1.20. The van der Waals surface area contributed by atoms with Gasteiger partial charge in [-0.1, -0.05) is 26.8 Å². The first kappa shape index (κ1) is 15.4. The molecule has 1 heterocycles. The van der Waals surface area contributed by atoms with Crippen LogP contribution < -0.4 is 0 Å². The van der Waals surface area contributed by atoms with E-state index < -0.39 is 20.0 Å². The molecule has 1 aliphatic rings. The predicted octanol–water partition coefficient (Wildman–Crippen LogP) is 2.50. The highest BCUT2D eigenvalue weighted by Crippen LogP contribution is 2.42. The molecule has 0 bridgehead atoms. The molecule has 1 fully saturated rings. The third-order valence-electron chi connectivity index (χ3n) is 3.89. The van der Waals surface area contributed by atoms with E-state index in [1.54, 1.807) is 6.08 Å². The number of hydrogen-bond acceptors (Lipinski definition) is 4. The highest BCUT2D eigenvalue weighted by molar-refractivity contribution is 6.74. The number of epoxide rings is 1. The lowest BCUT2D eigenvalue weighted by Gasteiger charge is -2.39. The number of esters is 1. The van der Waals surface area contributed by atoms with Gasteiger partial charge in [0.15, 0.2) is 8.32 Å². The summed E-state index contributed by atoms with van der Waals surface area (Å²) in [7, 11) is -0.617. The molecule has 0 aliphatic carbocycles. The van der Waals surface area contributed by atoms with Crippen LogP contribution in [-0.2, 0) is 18.7 Å². The minimum Gasteiger partial charge on any atom is -0.467 e. The summed E-state index contributed by atoms with van der Waals surface area (Å²) in [6.45, 7) is 14.8. The fourth-order valence-corrected chi connectivity index (χ4v) is 2.75. The molecule has 1 saturated heterocycles. The second-order valence-electron chi connectivity index (χ2n) is 6.20. The van der Waals surface area contributed by atoms with Crippen LogP contribution >= 0.6 is 0 Å². The molecular formula is C13H24O4Si. The normalized spacial score (nSPS) is 25.4. The molecule has 5 heteroatoms. The number of ether oxygens (including phenoxy) is 2. The summed E-state index contributed by atoms with van der Waals surface area (Å²) >= 11 is 0. The first-order valence-electron chi connectivity index (χ1n) is 6.13. The quantitative estimate of drug-likeness (QED) is 0.334. The third-order valence-corrected chi connectivity index (χ3v) is 8.34. The summed E-state index contributed by atoms with van der Waals surface area (Å²) in [4.78, 5) is 11.8. The van der Waals surface area contributed by atoms with Crippen LogP contribution in [0.3, 0.4) is 0 Å². The van der Waals surface area contributed by atoms with Gasteiger partial charge >= 0.3 is 5.97 Å². The Bertz CT molecular complexity index is 339. The maximum Gasteiger partial charge on any atom is 0.343 e. The van der Waals surface area contributed by atoms with E-state index >= 15 is 0 Å². The van der Waals surface area contributed by atoms with E-state index in [-0.39, 0.29) is 11.0 Å². The van der Waals surface area contributed by atoms with Crippen molar-refractivity contribution in [2.75, 3.05) is 13.7 Å². The van der Waals surface area contributed by atoms with Gasteiger partial charge in [-0.05, 0) is 18.1 Å². The van der Waals surface area contributed by atoms with E-state index in [0.717, 1.165) is 0 Å². The van der Waals surface area contributed by atoms with Gasteiger partial charge in [0.25, 0.3) is 0 Å². The van der Waals surface area contributed by atoms with Crippen LogP contribution in [0.25, 0.3) is 0 Å². The lowest BCUT2D eigenvalue weighted by atomic mass is 10.0. The number of carbonyl (C=O) groups is 1. The maximum absolute atomic E-state index is 11.8. The van der Waals surface area contributed by atoms with Crippen molar-refractivity contribution in [2.24, 2.45) is 0 Å². The molecule has 104 valence electrons. The standard InChI is InChI=1S/C13H24O4Si/c1-8-10(13(9-16-13)11(14)15-5)17-18(6,7)12(2,3)4/h8,10H,1,9H2,2-7H3/t10-,13-/m1/s1. The van der Waals surface area contributed by atoms with Gasteiger partial charge in [0.1, 0.15) is 6.10 Å².